The lowest BCUT2D eigenvalue weighted by molar-refractivity contribution is 0.121. The third-order valence-corrected chi connectivity index (χ3v) is 5.12. The minimum absolute atomic E-state index is 0.00493. The average Bonchev–Trinajstić information content (AvgIpc) is 3.18. The van der Waals surface area contributed by atoms with Crippen molar-refractivity contribution in [3.8, 4) is 0 Å². The van der Waals surface area contributed by atoms with E-state index < -0.39 is 0 Å². The molecule has 3 heterocycles. The lowest BCUT2D eigenvalue weighted by Gasteiger charge is -2.41. The van der Waals surface area contributed by atoms with Gasteiger partial charge in [0.05, 0.1) is 12.2 Å². The lowest BCUT2D eigenvalue weighted by Crippen LogP contribution is -2.56. The van der Waals surface area contributed by atoms with Gasteiger partial charge in [-0.3, -0.25) is 0 Å². The van der Waals surface area contributed by atoms with Crippen LogP contribution in [-0.4, -0.2) is 52.8 Å². The van der Waals surface area contributed by atoms with Gasteiger partial charge in [0.1, 0.15) is 11.6 Å². The molecule has 140 valence electrons. The van der Waals surface area contributed by atoms with Gasteiger partial charge in [-0.15, -0.1) is 0 Å². The Morgan fingerprint density at radius 1 is 1.15 bits per heavy atom. The molecule has 4 rings (SSSR count). The minimum Gasteiger partial charge on any atom is -0.353 e. The van der Waals surface area contributed by atoms with Crippen molar-refractivity contribution in [3.05, 3.63) is 60.0 Å². The van der Waals surface area contributed by atoms with Crippen molar-refractivity contribution in [2.45, 2.75) is 25.4 Å². The molecule has 0 radical (unpaired) electrons. The molecule has 2 amide bonds. The van der Waals surface area contributed by atoms with Crippen molar-refractivity contribution in [1.29, 1.82) is 0 Å². The second-order valence-electron chi connectivity index (χ2n) is 6.91. The highest BCUT2D eigenvalue weighted by molar-refractivity contribution is 5.79. The molecule has 0 aliphatic carbocycles. The first-order chi connectivity index (χ1) is 13.1. The summed E-state index contributed by atoms with van der Waals surface area (Å²) in [6, 6.07) is 13.0. The number of hydrogen-bond donors (Lipinski definition) is 0. The van der Waals surface area contributed by atoms with E-state index in [4.69, 9.17) is 0 Å². The third-order valence-electron chi connectivity index (χ3n) is 5.12. The van der Waals surface area contributed by atoms with Crippen LogP contribution < -0.4 is 4.90 Å². The maximum Gasteiger partial charge on any atom is 0.341 e. The van der Waals surface area contributed by atoms with Crippen LogP contribution in [0, 0.1) is 5.82 Å². The smallest absolute Gasteiger partial charge is 0.341 e. The van der Waals surface area contributed by atoms with Gasteiger partial charge in [-0.1, -0.05) is 30.3 Å². The van der Waals surface area contributed by atoms with E-state index >= 15 is 0 Å². The predicted molar refractivity (Wildman–Crippen MR) is 102 cm³/mol. The molecule has 0 bridgehead atoms. The van der Waals surface area contributed by atoms with Gasteiger partial charge in [0.25, 0.3) is 0 Å². The second kappa shape index (κ2) is 7.34. The summed E-state index contributed by atoms with van der Waals surface area (Å²) in [5, 5.41) is 5.93. The SMILES string of the molecule is C[C@H]1CN(c2ccc(F)cn2)CCN1C(=O)N1N=CCC1c1ccccc1. The van der Waals surface area contributed by atoms with Gasteiger partial charge in [0.15, 0.2) is 0 Å². The van der Waals surface area contributed by atoms with E-state index in [1.165, 1.54) is 12.3 Å². The molecule has 1 saturated heterocycles. The van der Waals surface area contributed by atoms with Crippen LogP contribution in [0.4, 0.5) is 15.0 Å². The molecule has 0 N–H and O–H groups in total. The molecule has 1 aromatic carbocycles. The molecule has 2 aromatic rings. The first kappa shape index (κ1) is 17.5. The number of benzene rings is 1. The molecule has 6 nitrogen and oxygen atoms in total. The first-order valence-electron chi connectivity index (χ1n) is 9.17. The minimum atomic E-state index is -0.348. The zero-order chi connectivity index (χ0) is 18.8. The van der Waals surface area contributed by atoms with Crippen molar-refractivity contribution < 1.29 is 9.18 Å². The number of anilines is 1. The highest BCUT2D eigenvalue weighted by Gasteiger charge is 2.35. The Labute approximate surface area is 157 Å². The number of hydrazone groups is 1. The normalized spacial score (nSPS) is 22.4. The zero-order valence-corrected chi connectivity index (χ0v) is 15.2. The summed E-state index contributed by atoms with van der Waals surface area (Å²) < 4.78 is 13.1. The van der Waals surface area contributed by atoms with E-state index in [-0.39, 0.29) is 23.9 Å². The molecule has 7 heteroatoms. The topological polar surface area (TPSA) is 52.0 Å². The van der Waals surface area contributed by atoms with Crippen molar-refractivity contribution >= 4 is 18.1 Å². The molecular weight excluding hydrogens is 345 g/mol. The third kappa shape index (κ3) is 3.49. The van der Waals surface area contributed by atoms with Gasteiger partial charge in [-0.25, -0.2) is 19.2 Å². The Morgan fingerprint density at radius 3 is 2.67 bits per heavy atom. The highest BCUT2D eigenvalue weighted by atomic mass is 19.1. The average molecular weight is 367 g/mol. The molecule has 2 atom stereocenters. The van der Waals surface area contributed by atoms with Crippen LogP contribution in [0.1, 0.15) is 24.9 Å². The molecule has 0 spiro atoms. The number of halogens is 1. The van der Waals surface area contributed by atoms with E-state index in [0.717, 1.165) is 17.8 Å². The van der Waals surface area contributed by atoms with Crippen LogP contribution in [0.25, 0.3) is 0 Å². The summed E-state index contributed by atoms with van der Waals surface area (Å²) >= 11 is 0. The van der Waals surface area contributed by atoms with Crippen LogP contribution in [0.15, 0.2) is 53.8 Å². The van der Waals surface area contributed by atoms with Crippen molar-refractivity contribution in [1.82, 2.24) is 14.9 Å². The van der Waals surface area contributed by atoms with Gasteiger partial charge >= 0.3 is 6.03 Å². The summed E-state index contributed by atoms with van der Waals surface area (Å²) in [4.78, 5) is 21.2. The van der Waals surface area contributed by atoms with Gasteiger partial charge in [-0.05, 0) is 24.6 Å². The molecule has 1 unspecified atom stereocenters. The fourth-order valence-electron chi connectivity index (χ4n) is 3.69. The van der Waals surface area contributed by atoms with Gasteiger partial charge in [0.2, 0.25) is 0 Å². The summed E-state index contributed by atoms with van der Waals surface area (Å²) in [6.45, 7) is 3.90. The summed E-state index contributed by atoms with van der Waals surface area (Å²) in [5.74, 6) is 0.385. The maximum atomic E-state index is 13.1. The van der Waals surface area contributed by atoms with E-state index in [1.807, 2.05) is 42.2 Å². The molecule has 2 aliphatic heterocycles. The number of amides is 2. The fraction of sp³-hybridized carbons (Fsp3) is 0.350. The van der Waals surface area contributed by atoms with Crippen molar-refractivity contribution in [3.63, 3.8) is 0 Å². The summed E-state index contributed by atoms with van der Waals surface area (Å²) in [5.41, 5.74) is 1.09. The van der Waals surface area contributed by atoms with Crippen molar-refractivity contribution in [2.75, 3.05) is 24.5 Å². The quantitative estimate of drug-likeness (QED) is 0.819. The Hall–Kier alpha value is -2.96. The largest absolute Gasteiger partial charge is 0.353 e. The van der Waals surface area contributed by atoms with E-state index in [1.54, 1.807) is 17.3 Å². The second-order valence-corrected chi connectivity index (χ2v) is 6.91. The molecule has 1 aromatic heterocycles. The number of urea groups is 1. The Kier molecular flexibility index (Phi) is 4.75. The van der Waals surface area contributed by atoms with Crippen LogP contribution in [0.3, 0.4) is 0 Å². The standard InChI is InChI=1S/C20H22FN5O/c1-15-14-24(19-8-7-17(21)13-22-19)11-12-25(15)20(27)26-18(9-10-23-26)16-5-3-2-4-6-16/h2-8,10,13,15,18H,9,11-12,14H2,1H3/t15-,18?/m0/s1. The zero-order valence-electron chi connectivity index (χ0n) is 15.2. The van der Waals surface area contributed by atoms with Crippen molar-refractivity contribution in [2.24, 2.45) is 5.10 Å². The van der Waals surface area contributed by atoms with Crippen LogP contribution in [-0.2, 0) is 0 Å². The number of nitrogens with zero attached hydrogens (tertiary/aromatic N) is 5. The number of piperazine rings is 1. The van der Waals surface area contributed by atoms with Gasteiger partial charge in [-0.2, -0.15) is 5.10 Å². The predicted octanol–water partition coefficient (Wildman–Crippen LogP) is 3.28. The molecular formula is C20H22FN5O. The van der Waals surface area contributed by atoms with E-state index in [2.05, 4.69) is 15.0 Å². The number of aromatic nitrogens is 1. The lowest BCUT2D eigenvalue weighted by atomic mass is 10.0. The Bertz CT molecular complexity index is 826. The molecule has 27 heavy (non-hydrogen) atoms. The monoisotopic (exact) mass is 367 g/mol. The highest BCUT2D eigenvalue weighted by Crippen LogP contribution is 2.30. The van der Waals surface area contributed by atoms with Crippen LogP contribution >= 0.6 is 0 Å². The summed E-state index contributed by atoms with van der Waals surface area (Å²) in [7, 11) is 0. The number of hydrogen-bond acceptors (Lipinski definition) is 4. The molecule has 1 fully saturated rings. The Balaban J connectivity index is 1.45. The van der Waals surface area contributed by atoms with E-state index in [0.29, 0.717) is 19.6 Å². The first-order valence-corrected chi connectivity index (χ1v) is 9.17. The maximum absolute atomic E-state index is 13.1. The number of carbonyl (C=O) groups is 1. The van der Waals surface area contributed by atoms with Gasteiger partial charge in [0, 0.05) is 38.3 Å². The Morgan fingerprint density at radius 2 is 1.96 bits per heavy atom. The fourth-order valence-corrected chi connectivity index (χ4v) is 3.69. The number of carbonyl (C=O) groups excluding carboxylic acids is 1. The van der Waals surface area contributed by atoms with Crippen LogP contribution in [0.2, 0.25) is 0 Å². The molecule has 2 aliphatic rings. The molecule has 0 saturated carbocycles. The van der Waals surface area contributed by atoms with Crippen LogP contribution in [0.5, 0.6) is 0 Å². The van der Waals surface area contributed by atoms with Gasteiger partial charge < -0.3 is 9.80 Å². The number of pyridine rings is 1. The van der Waals surface area contributed by atoms with E-state index in [9.17, 15) is 9.18 Å². The summed E-state index contributed by atoms with van der Waals surface area (Å²) in [6.07, 6.45) is 3.75. The number of rotatable bonds is 2.